The highest BCUT2D eigenvalue weighted by atomic mass is 16.2. The van der Waals surface area contributed by atoms with E-state index in [1.807, 2.05) is 24.3 Å². The predicted octanol–water partition coefficient (Wildman–Crippen LogP) is -0.464. The van der Waals surface area contributed by atoms with Crippen molar-refractivity contribution in [2.75, 3.05) is 0 Å². The molecule has 1 atom stereocenters. The monoisotopic (exact) mass is 368 g/mol. The molecule has 0 radical (unpaired) electrons. The lowest BCUT2D eigenvalue weighted by atomic mass is 9.93. The maximum atomic E-state index is 12.7. The molecule has 1 aromatic carbocycles. The molecule has 2 aromatic rings. The highest BCUT2D eigenvalue weighted by Gasteiger charge is 2.32. The summed E-state index contributed by atoms with van der Waals surface area (Å²) in [5.74, 6) is -1.01. The zero-order valence-electron chi connectivity index (χ0n) is 15.1. The molecule has 27 heavy (non-hydrogen) atoms. The molecule has 2 heterocycles. The molecule has 1 aliphatic heterocycles. The number of hydrogen-bond acceptors (Lipinski definition) is 4. The Hall–Kier alpha value is -3.42. The highest BCUT2D eigenvalue weighted by molar-refractivity contribution is 5.95. The molecule has 8 heteroatoms. The van der Waals surface area contributed by atoms with Crippen LogP contribution in [0.5, 0.6) is 0 Å². The third-order valence-electron chi connectivity index (χ3n) is 4.74. The first-order valence-corrected chi connectivity index (χ1v) is 8.41. The molecule has 0 aliphatic carbocycles. The van der Waals surface area contributed by atoms with E-state index in [0.717, 1.165) is 15.7 Å². The summed E-state index contributed by atoms with van der Waals surface area (Å²) in [6.45, 7) is 0.262. The van der Waals surface area contributed by atoms with Gasteiger partial charge < -0.3 is 15.2 Å². The Labute approximate surface area is 155 Å². The fourth-order valence-corrected chi connectivity index (χ4v) is 3.22. The van der Waals surface area contributed by atoms with Gasteiger partial charge in [0.25, 0.3) is 5.56 Å². The summed E-state index contributed by atoms with van der Waals surface area (Å²) in [5, 5.41) is 0. The minimum Gasteiger partial charge on any atom is -0.368 e. The van der Waals surface area contributed by atoms with Crippen molar-refractivity contribution < 1.29 is 9.59 Å². The molecule has 2 amide bonds. The third kappa shape index (κ3) is 3.46. The Balaban J connectivity index is 1.91. The van der Waals surface area contributed by atoms with Gasteiger partial charge in [0, 0.05) is 39.3 Å². The van der Waals surface area contributed by atoms with Gasteiger partial charge in [-0.15, -0.1) is 0 Å². The Morgan fingerprint density at radius 1 is 1.15 bits per heavy atom. The normalized spacial score (nSPS) is 16.4. The van der Waals surface area contributed by atoms with Crippen molar-refractivity contribution in [3.8, 4) is 0 Å². The van der Waals surface area contributed by atoms with Gasteiger partial charge in [-0.3, -0.25) is 19.0 Å². The lowest BCUT2D eigenvalue weighted by Crippen LogP contribution is -2.50. The van der Waals surface area contributed by atoms with Crippen LogP contribution in [0.1, 0.15) is 16.7 Å². The van der Waals surface area contributed by atoms with Gasteiger partial charge in [0.15, 0.2) is 0 Å². The molecule has 1 aromatic heterocycles. The van der Waals surface area contributed by atoms with E-state index in [0.29, 0.717) is 6.42 Å². The zero-order valence-corrected chi connectivity index (χ0v) is 15.1. The number of amides is 2. The molecule has 1 unspecified atom stereocenters. The van der Waals surface area contributed by atoms with Crippen LogP contribution in [0.15, 0.2) is 46.1 Å². The van der Waals surface area contributed by atoms with Crippen LogP contribution in [-0.4, -0.2) is 31.9 Å². The predicted molar refractivity (Wildman–Crippen MR) is 99.6 cm³/mol. The Bertz CT molecular complexity index is 1060. The number of nitrogens with two attached hydrogens (primary N) is 1. The average molecular weight is 368 g/mol. The van der Waals surface area contributed by atoms with Gasteiger partial charge in [-0.25, -0.2) is 4.79 Å². The zero-order chi connectivity index (χ0) is 19.7. The fourth-order valence-electron chi connectivity index (χ4n) is 3.22. The third-order valence-corrected chi connectivity index (χ3v) is 4.74. The molecule has 0 bridgehead atoms. The van der Waals surface area contributed by atoms with E-state index in [1.165, 1.54) is 41.9 Å². The van der Waals surface area contributed by atoms with E-state index < -0.39 is 29.1 Å². The first-order chi connectivity index (χ1) is 12.8. The summed E-state index contributed by atoms with van der Waals surface area (Å²) in [6, 6.07) is 6.82. The van der Waals surface area contributed by atoms with Crippen LogP contribution < -0.4 is 17.0 Å². The van der Waals surface area contributed by atoms with Gasteiger partial charge in [0.2, 0.25) is 11.8 Å². The second-order valence-electron chi connectivity index (χ2n) is 6.53. The van der Waals surface area contributed by atoms with Gasteiger partial charge in [-0.1, -0.05) is 24.3 Å². The lowest BCUT2D eigenvalue weighted by molar-refractivity contribution is -0.136. The number of carbonyl (C=O) groups excluding carboxylic acids is 2. The second-order valence-corrected chi connectivity index (χ2v) is 6.53. The van der Waals surface area contributed by atoms with Gasteiger partial charge in [0.05, 0.1) is 5.56 Å². The number of carbonyl (C=O) groups is 2. The summed E-state index contributed by atoms with van der Waals surface area (Å²) >= 11 is 0. The number of rotatable bonds is 3. The summed E-state index contributed by atoms with van der Waals surface area (Å²) in [4.78, 5) is 49.8. The molecule has 3 rings (SSSR count). The fraction of sp³-hybridized carbons (Fsp3) is 0.263. The first kappa shape index (κ1) is 18.4. The standard InChI is InChI=1S/C19H20N4O4/c1-21-10-14(18(26)22(2)19(21)27)7-8-16(24)23-11-13-6-4-3-5-12(13)9-15(23)17(20)25/h3-8,10,15H,9,11H2,1-2H3,(H2,20,25)/b8-7+. The van der Waals surface area contributed by atoms with Crippen LogP contribution in [0.3, 0.4) is 0 Å². The van der Waals surface area contributed by atoms with Crippen molar-refractivity contribution >= 4 is 17.9 Å². The molecular formula is C19H20N4O4. The van der Waals surface area contributed by atoms with Gasteiger partial charge in [0.1, 0.15) is 6.04 Å². The summed E-state index contributed by atoms with van der Waals surface area (Å²) < 4.78 is 2.22. The van der Waals surface area contributed by atoms with E-state index in [1.54, 1.807) is 0 Å². The van der Waals surface area contributed by atoms with E-state index >= 15 is 0 Å². The van der Waals surface area contributed by atoms with Crippen molar-refractivity contribution in [1.29, 1.82) is 0 Å². The van der Waals surface area contributed by atoms with Crippen LogP contribution in [0, 0.1) is 0 Å². The minimum absolute atomic E-state index is 0.195. The molecule has 0 saturated heterocycles. The largest absolute Gasteiger partial charge is 0.368 e. The average Bonchev–Trinajstić information content (AvgIpc) is 2.66. The molecule has 0 saturated carbocycles. The number of aryl methyl sites for hydroxylation is 1. The van der Waals surface area contributed by atoms with Crippen molar-refractivity contribution in [2.24, 2.45) is 19.8 Å². The number of benzene rings is 1. The Morgan fingerprint density at radius 2 is 1.81 bits per heavy atom. The van der Waals surface area contributed by atoms with Crippen LogP contribution in [0.2, 0.25) is 0 Å². The maximum Gasteiger partial charge on any atom is 0.330 e. The van der Waals surface area contributed by atoms with Gasteiger partial charge >= 0.3 is 5.69 Å². The maximum absolute atomic E-state index is 12.7. The van der Waals surface area contributed by atoms with E-state index in [2.05, 4.69) is 0 Å². The van der Waals surface area contributed by atoms with Gasteiger partial charge in [-0.2, -0.15) is 0 Å². The second kappa shape index (κ2) is 7.06. The molecule has 8 nitrogen and oxygen atoms in total. The number of primary amides is 1. The van der Waals surface area contributed by atoms with Gasteiger partial charge in [-0.05, 0) is 17.2 Å². The first-order valence-electron chi connectivity index (χ1n) is 8.41. The van der Waals surface area contributed by atoms with Crippen LogP contribution in [-0.2, 0) is 36.6 Å². The Kier molecular flexibility index (Phi) is 4.81. The molecule has 140 valence electrons. The van der Waals surface area contributed by atoms with Crippen LogP contribution in [0.25, 0.3) is 6.08 Å². The number of hydrogen-bond donors (Lipinski definition) is 1. The van der Waals surface area contributed by atoms with Crippen molar-refractivity contribution in [3.63, 3.8) is 0 Å². The molecule has 0 fully saturated rings. The summed E-state index contributed by atoms with van der Waals surface area (Å²) in [7, 11) is 2.89. The van der Waals surface area contributed by atoms with Crippen LogP contribution >= 0.6 is 0 Å². The highest BCUT2D eigenvalue weighted by Crippen LogP contribution is 2.23. The van der Waals surface area contributed by atoms with Crippen molar-refractivity contribution in [1.82, 2.24) is 14.0 Å². The summed E-state index contributed by atoms with van der Waals surface area (Å²) in [6.07, 6.45) is 4.30. The van der Waals surface area contributed by atoms with E-state index in [-0.39, 0.29) is 12.1 Å². The summed E-state index contributed by atoms with van der Waals surface area (Å²) in [5.41, 5.74) is 6.67. The molecule has 0 spiro atoms. The minimum atomic E-state index is -0.750. The topological polar surface area (TPSA) is 107 Å². The van der Waals surface area contributed by atoms with E-state index in [4.69, 9.17) is 5.73 Å². The number of fused-ring (bicyclic) bond motifs is 1. The number of nitrogens with zero attached hydrogens (tertiary/aromatic N) is 3. The smallest absolute Gasteiger partial charge is 0.330 e. The molecule has 2 N–H and O–H groups in total. The van der Waals surface area contributed by atoms with E-state index in [9.17, 15) is 19.2 Å². The quantitative estimate of drug-likeness (QED) is 0.740. The number of aromatic nitrogens is 2. The van der Waals surface area contributed by atoms with Crippen LogP contribution in [0.4, 0.5) is 0 Å². The van der Waals surface area contributed by atoms with Crippen molar-refractivity contribution in [2.45, 2.75) is 19.0 Å². The molecule has 1 aliphatic rings. The SMILES string of the molecule is Cn1cc(/C=C/C(=O)N2Cc3ccccc3CC2C(N)=O)c(=O)n(C)c1=O. The lowest BCUT2D eigenvalue weighted by Gasteiger charge is -2.34. The van der Waals surface area contributed by atoms with Crippen molar-refractivity contribution in [3.05, 3.63) is 74.1 Å². The molecular weight excluding hydrogens is 348 g/mol. The Morgan fingerprint density at radius 3 is 2.48 bits per heavy atom.